The molecule has 0 saturated heterocycles. The lowest BCUT2D eigenvalue weighted by Gasteiger charge is -2.28. The molecular formula is C27H26N2O7S. The average molecular weight is 523 g/mol. The molecule has 3 aromatic carbocycles. The van der Waals surface area contributed by atoms with E-state index in [1.54, 1.807) is 77.7 Å². The number of aliphatic carboxylic acids is 1. The van der Waals surface area contributed by atoms with Gasteiger partial charge in [-0.25, -0.2) is 4.79 Å². The Bertz CT molecular complexity index is 1310. The Morgan fingerprint density at radius 1 is 1.00 bits per heavy atom. The second kappa shape index (κ2) is 11.7. The first-order chi connectivity index (χ1) is 17.8. The molecule has 1 heterocycles. The fraction of sp³-hybridized carbons (Fsp3) is 0.222. The number of amides is 2. The van der Waals surface area contributed by atoms with Crippen molar-refractivity contribution >= 4 is 34.5 Å². The average Bonchev–Trinajstić information content (AvgIpc) is 2.87. The van der Waals surface area contributed by atoms with Gasteiger partial charge in [0.1, 0.15) is 30.4 Å². The van der Waals surface area contributed by atoms with Gasteiger partial charge in [-0.05, 0) is 48.9 Å². The molecule has 1 unspecified atom stereocenters. The number of ether oxygens (including phenoxy) is 2. The van der Waals surface area contributed by atoms with Crippen molar-refractivity contribution in [2.24, 2.45) is 0 Å². The molecule has 2 amide bonds. The zero-order chi connectivity index (χ0) is 26.4. The standard InChI is InChI=1S/C27H26N2O7S/c1-19-6-10-22(11-7-19)36-27(33)28(17-26(31)32)16-20-8-12-21(13-9-20)35-15-14-29-23-4-2-3-5-24(23)37(34)18-25(29)30/h2-13H,14-18H2,1H3,(H,31,32). The topological polar surface area (TPSA) is 113 Å². The number of carboxylic acids is 1. The van der Waals surface area contributed by atoms with E-state index in [-0.39, 0.29) is 24.8 Å². The number of nitrogens with zero attached hydrogens (tertiary/aromatic N) is 2. The van der Waals surface area contributed by atoms with E-state index in [0.717, 1.165) is 10.5 Å². The molecule has 37 heavy (non-hydrogen) atoms. The van der Waals surface area contributed by atoms with Crippen LogP contribution in [0.15, 0.2) is 77.7 Å². The number of fused-ring (bicyclic) bond motifs is 1. The highest BCUT2D eigenvalue weighted by molar-refractivity contribution is 7.86. The van der Waals surface area contributed by atoms with Gasteiger partial charge in [0.2, 0.25) is 5.91 Å². The summed E-state index contributed by atoms with van der Waals surface area (Å²) in [5.74, 6) is -0.538. The number of para-hydroxylation sites is 1. The summed E-state index contributed by atoms with van der Waals surface area (Å²) in [4.78, 5) is 39.6. The smallest absolute Gasteiger partial charge is 0.416 e. The van der Waals surface area contributed by atoms with Gasteiger partial charge in [0.15, 0.2) is 0 Å². The highest BCUT2D eigenvalue weighted by Crippen LogP contribution is 2.28. The number of carbonyl (C=O) groups excluding carboxylic acids is 2. The van der Waals surface area contributed by atoms with E-state index in [1.807, 2.05) is 6.92 Å². The molecule has 0 aliphatic carbocycles. The minimum absolute atomic E-state index is 0.0352. The lowest BCUT2D eigenvalue weighted by molar-refractivity contribution is -0.138. The molecule has 1 aliphatic heterocycles. The number of hydrogen-bond acceptors (Lipinski definition) is 6. The summed E-state index contributed by atoms with van der Waals surface area (Å²) in [6.07, 6.45) is -0.765. The first kappa shape index (κ1) is 25.9. The van der Waals surface area contributed by atoms with E-state index in [4.69, 9.17) is 9.47 Å². The lowest BCUT2D eigenvalue weighted by atomic mass is 10.2. The Labute approximate surface area is 216 Å². The molecule has 0 bridgehead atoms. The van der Waals surface area contributed by atoms with Gasteiger partial charge in [-0.2, -0.15) is 0 Å². The van der Waals surface area contributed by atoms with Crippen molar-refractivity contribution in [3.8, 4) is 11.5 Å². The van der Waals surface area contributed by atoms with Gasteiger partial charge in [0, 0.05) is 6.54 Å². The van der Waals surface area contributed by atoms with Gasteiger partial charge in [0.05, 0.1) is 27.9 Å². The maximum absolute atomic E-state index is 12.6. The maximum Gasteiger partial charge on any atom is 0.416 e. The number of rotatable bonds is 9. The van der Waals surface area contributed by atoms with E-state index in [2.05, 4.69) is 0 Å². The molecule has 0 fully saturated rings. The van der Waals surface area contributed by atoms with Crippen molar-refractivity contribution in [2.45, 2.75) is 18.4 Å². The number of hydrogen-bond donors (Lipinski definition) is 1. The van der Waals surface area contributed by atoms with Gasteiger partial charge in [-0.3, -0.25) is 18.7 Å². The summed E-state index contributed by atoms with van der Waals surface area (Å²) in [6, 6.07) is 20.9. The molecule has 4 rings (SSSR count). The van der Waals surface area contributed by atoms with Crippen molar-refractivity contribution < 1.29 is 33.2 Å². The van der Waals surface area contributed by atoms with Crippen LogP contribution in [0, 0.1) is 6.92 Å². The normalized spacial score (nSPS) is 14.6. The van der Waals surface area contributed by atoms with Crippen molar-refractivity contribution in [3.05, 3.63) is 83.9 Å². The van der Waals surface area contributed by atoms with Gasteiger partial charge < -0.3 is 19.5 Å². The highest BCUT2D eigenvalue weighted by atomic mass is 32.2. The van der Waals surface area contributed by atoms with E-state index < -0.39 is 29.4 Å². The van der Waals surface area contributed by atoms with Crippen molar-refractivity contribution in [1.82, 2.24) is 4.90 Å². The second-order valence-electron chi connectivity index (χ2n) is 8.43. The van der Waals surface area contributed by atoms with Crippen LogP contribution in [-0.4, -0.2) is 57.6 Å². The van der Waals surface area contributed by atoms with Crippen LogP contribution >= 0.6 is 0 Å². The molecule has 0 radical (unpaired) electrons. The van der Waals surface area contributed by atoms with Crippen molar-refractivity contribution in [3.63, 3.8) is 0 Å². The van der Waals surface area contributed by atoms with Crippen molar-refractivity contribution in [1.29, 1.82) is 0 Å². The largest absolute Gasteiger partial charge is 0.492 e. The van der Waals surface area contributed by atoms with Crippen LogP contribution in [0.3, 0.4) is 0 Å². The second-order valence-corrected chi connectivity index (χ2v) is 9.85. The number of benzene rings is 3. The first-order valence-electron chi connectivity index (χ1n) is 11.5. The van der Waals surface area contributed by atoms with Crippen LogP contribution < -0.4 is 14.4 Å². The first-order valence-corrected chi connectivity index (χ1v) is 12.9. The van der Waals surface area contributed by atoms with Crippen molar-refractivity contribution in [2.75, 3.05) is 30.3 Å². The minimum Gasteiger partial charge on any atom is -0.492 e. The third-order valence-electron chi connectivity index (χ3n) is 5.65. The molecule has 3 aromatic rings. The summed E-state index contributed by atoms with van der Waals surface area (Å²) < 4.78 is 23.3. The van der Waals surface area contributed by atoms with Gasteiger partial charge in [-0.15, -0.1) is 0 Å². The summed E-state index contributed by atoms with van der Waals surface area (Å²) in [6.45, 7) is 1.95. The molecule has 0 saturated carbocycles. The molecule has 192 valence electrons. The summed E-state index contributed by atoms with van der Waals surface area (Å²) >= 11 is 0. The molecule has 1 atom stereocenters. The molecule has 0 aromatic heterocycles. The Morgan fingerprint density at radius 3 is 2.38 bits per heavy atom. The molecule has 1 aliphatic rings. The number of carbonyl (C=O) groups is 3. The van der Waals surface area contributed by atoms with E-state index in [1.165, 1.54) is 0 Å². The molecule has 9 nitrogen and oxygen atoms in total. The molecular weight excluding hydrogens is 496 g/mol. The minimum atomic E-state index is -1.34. The fourth-order valence-electron chi connectivity index (χ4n) is 3.81. The fourth-order valence-corrected chi connectivity index (χ4v) is 4.98. The van der Waals surface area contributed by atoms with Crippen LogP contribution in [0.2, 0.25) is 0 Å². The number of aryl methyl sites for hydroxylation is 1. The van der Waals surface area contributed by atoms with E-state index in [9.17, 15) is 23.7 Å². The molecule has 1 N–H and O–H groups in total. The SMILES string of the molecule is Cc1ccc(OC(=O)N(CC(=O)O)Cc2ccc(OCCN3C(=O)CS(=O)c4ccccc43)cc2)cc1. The summed E-state index contributed by atoms with van der Waals surface area (Å²) in [5.41, 5.74) is 2.33. The summed E-state index contributed by atoms with van der Waals surface area (Å²) in [5, 5.41) is 9.24. The van der Waals surface area contributed by atoms with E-state index in [0.29, 0.717) is 34.2 Å². The third-order valence-corrected chi connectivity index (χ3v) is 6.99. The van der Waals surface area contributed by atoms with Crippen LogP contribution in [0.5, 0.6) is 11.5 Å². The lowest BCUT2D eigenvalue weighted by Crippen LogP contribution is -2.41. The monoisotopic (exact) mass is 522 g/mol. The summed E-state index contributed by atoms with van der Waals surface area (Å²) in [7, 11) is -1.34. The predicted molar refractivity (Wildman–Crippen MR) is 137 cm³/mol. The van der Waals surface area contributed by atoms with Crippen LogP contribution in [0.4, 0.5) is 10.5 Å². The molecule has 0 spiro atoms. The Kier molecular flexibility index (Phi) is 8.19. The van der Waals surface area contributed by atoms with Crippen LogP contribution in [0.1, 0.15) is 11.1 Å². The predicted octanol–water partition coefficient (Wildman–Crippen LogP) is 3.61. The third kappa shape index (κ3) is 6.73. The Balaban J connectivity index is 1.34. The van der Waals surface area contributed by atoms with E-state index >= 15 is 0 Å². The van der Waals surface area contributed by atoms with Gasteiger partial charge in [0.25, 0.3) is 0 Å². The Hall–Kier alpha value is -4.18. The zero-order valence-corrected chi connectivity index (χ0v) is 21.0. The zero-order valence-electron chi connectivity index (χ0n) is 20.2. The van der Waals surface area contributed by atoms with Gasteiger partial charge in [-0.1, -0.05) is 42.0 Å². The van der Waals surface area contributed by atoms with Crippen LogP contribution in [-0.2, 0) is 26.9 Å². The molecule has 10 heteroatoms. The highest BCUT2D eigenvalue weighted by Gasteiger charge is 2.28. The van der Waals surface area contributed by atoms with Crippen LogP contribution in [0.25, 0.3) is 0 Å². The number of anilines is 1. The Morgan fingerprint density at radius 2 is 1.68 bits per heavy atom. The number of carboxylic acid groups (broad SMARTS) is 1. The van der Waals surface area contributed by atoms with Gasteiger partial charge >= 0.3 is 12.1 Å². The maximum atomic E-state index is 12.6. The quantitative estimate of drug-likeness (QED) is 0.457.